The Bertz CT molecular complexity index is 264. The molecule has 4 nitrogen and oxygen atoms in total. The molecule has 1 fully saturated rings. The van der Waals surface area contributed by atoms with Crippen molar-refractivity contribution >= 4 is 5.82 Å². The van der Waals surface area contributed by atoms with Crippen molar-refractivity contribution < 1.29 is 0 Å². The second-order valence-corrected chi connectivity index (χ2v) is 4.10. The molecule has 0 aliphatic carbocycles. The molecule has 15 heavy (non-hydrogen) atoms. The molecule has 84 valence electrons. The predicted molar refractivity (Wildman–Crippen MR) is 63.2 cm³/mol. The van der Waals surface area contributed by atoms with Crippen molar-refractivity contribution in [3.8, 4) is 0 Å². The van der Waals surface area contributed by atoms with Gasteiger partial charge in [0.25, 0.3) is 0 Å². The summed E-state index contributed by atoms with van der Waals surface area (Å²) in [6.45, 7) is 7.84. The molecule has 2 heterocycles. The van der Waals surface area contributed by atoms with Gasteiger partial charge in [-0.3, -0.25) is 4.90 Å². The molecule has 1 aliphatic rings. The van der Waals surface area contributed by atoms with Crippen LogP contribution in [0.3, 0.4) is 0 Å². The van der Waals surface area contributed by atoms with E-state index in [1.54, 1.807) is 0 Å². The Labute approximate surface area is 91.0 Å². The molecule has 1 aromatic rings. The molecule has 0 aromatic carbocycles. The molecular formula is C11H20N4. The van der Waals surface area contributed by atoms with E-state index < -0.39 is 0 Å². The van der Waals surface area contributed by atoms with Crippen LogP contribution < -0.4 is 10.6 Å². The highest BCUT2D eigenvalue weighted by atomic mass is 15.2. The van der Waals surface area contributed by atoms with Crippen LogP contribution in [-0.2, 0) is 0 Å². The maximum atomic E-state index is 3.40. The molecular weight excluding hydrogens is 188 g/mol. The summed E-state index contributed by atoms with van der Waals surface area (Å²) in [5.41, 5.74) is 0. The van der Waals surface area contributed by atoms with E-state index in [1.807, 2.05) is 12.3 Å². The van der Waals surface area contributed by atoms with Gasteiger partial charge in [-0.15, -0.1) is 0 Å². The normalized spacial score (nSPS) is 20.1. The zero-order valence-corrected chi connectivity index (χ0v) is 9.29. The first-order chi connectivity index (χ1) is 7.36. The summed E-state index contributed by atoms with van der Waals surface area (Å²) in [5.74, 6) is 1.11. The lowest BCUT2D eigenvalue weighted by Gasteiger charge is -2.32. The van der Waals surface area contributed by atoms with Gasteiger partial charge in [0.1, 0.15) is 5.82 Å². The fraction of sp³-hybridized carbons (Fsp3) is 0.636. The summed E-state index contributed by atoms with van der Waals surface area (Å²) in [6.07, 6.45) is 1.94. The van der Waals surface area contributed by atoms with Crippen LogP contribution in [0.15, 0.2) is 18.3 Å². The zero-order chi connectivity index (χ0) is 10.5. The van der Waals surface area contributed by atoms with Gasteiger partial charge < -0.3 is 15.6 Å². The molecule has 0 spiro atoms. The fourth-order valence-electron chi connectivity index (χ4n) is 1.95. The van der Waals surface area contributed by atoms with E-state index >= 15 is 0 Å². The quantitative estimate of drug-likeness (QED) is 0.683. The van der Waals surface area contributed by atoms with Gasteiger partial charge in [-0.25, -0.2) is 0 Å². The Hall–Kier alpha value is -1.00. The zero-order valence-electron chi connectivity index (χ0n) is 9.29. The van der Waals surface area contributed by atoms with Crippen LogP contribution in [0, 0.1) is 0 Å². The van der Waals surface area contributed by atoms with Crippen LogP contribution >= 0.6 is 0 Å². The average molecular weight is 208 g/mol. The molecule has 1 aromatic heterocycles. The molecule has 1 aliphatic heterocycles. The SMILES string of the molecule is CC(CNc1ccc[nH]1)N1CCNCC1. The maximum Gasteiger partial charge on any atom is 0.103 e. The summed E-state index contributed by atoms with van der Waals surface area (Å²) < 4.78 is 0. The van der Waals surface area contributed by atoms with E-state index in [0.717, 1.165) is 38.5 Å². The second kappa shape index (κ2) is 5.19. The summed E-state index contributed by atoms with van der Waals surface area (Å²) in [5, 5.41) is 6.78. The Morgan fingerprint density at radius 3 is 2.93 bits per heavy atom. The summed E-state index contributed by atoms with van der Waals surface area (Å²) >= 11 is 0. The third-order valence-electron chi connectivity index (χ3n) is 2.96. The van der Waals surface area contributed by atoms with Crippen LogP contribution in [0.2, 0.25) is 0 Å². The molecule has 4 heteroatoms. The molecule has 1 unspecified atom stereocenters. The van der Waals surface area contributed by atoms with E-state index in [4.69, 9.17) is 0 Å². The molecule has 2 rings (SSSR count). The van der Waals surface area contributed by atoms with Gasteiger partial charge in [0, 0.05) is 45.0 Å². The minimum absolute atomic E-state index is 0.593. The first kappa shape index (κ1) is 10.5. The number of hydrogen-bond acceptors (Lipinski definition) is 3. The molecule has 1 saturated heterocycles. The summed E-state index contributed by atoms with van der Waals surface area (Å²) in [4.78, 5) is 5.67. The number of aromatic amines is 1. The number of aromatic nitrogens is 1. The van der Waals surface area contributed by atoms with Crippen LogP contribution in [0.25, 0.3) is 0 Å². The predicted octanol–water partition coefficient (Wildman–Crippen LogP) is 0.720. The molecule has 3 N–H and O–H groups in total. The number of H-pyrrole nitrogens is 1. The smallest absolute Gasteiger partial charge is 0.103 e. The first-order valence-electron chi connectivity index (χ1n) is 5.68. The van der Waals surface area contributed by atoms with Gasteiger partial charge in [0.2, 0.25) is 0 Å². The van der Waals surface area contributed by atoms with Gasteiger partial charge in [-0.1, -0.05) is 0 Å². The highest BCUT2D eigenvalue weighted by Crippen LogP contribution is 2.04. The maximum absolute atomic E-state index is 3.40. The summed E-state index contributed by atoms with van der Waals surface area (Å²) in [6, 6.07) is 4.66. The van der Waals surface area contributed by atoms with Gasteiger partial charge in [-0.05, 0) is 19.1 Å². The minimum atomic E-state index is 0.593. The van der Waals surface area contributed by atoms with Gasteiger partial charge in [0.15, 0.2) is 0 Å². The van der Waals surface area contributed by atoms with Crippen molar-refractivity contribution in [2.75, 3.05) is 38.0 Å². The number of rotatable bonds is 4. The van der Waals surface area contributed by atoms with Gasteiger partial charge in [-0.2, -0.15) is 0 Å². The van der Waals surface area contributed by atoms with E-state index in [-0.39, 0.29) is 0 Å². The van der Waals surface area contributed by atoms with Crippen molar-refractivity contribution in [3.05, 3.63) is 18.3 Å². The van der Waals surface area contributed by atoms with Gasteiger partial charge in [0.05, 0.1) is 0 Å². The van der Waals surface area contributed by atoms with Crippen molar-refractivity contribution in [2.45, 2.75) is 13.0 Å². The molecule has 0 bridgehead atoms. The first-order valence-corrected chi connectivity index (χ1v) is 5.68. The van der Waals surface area contributed by atoms with Crippen LogP contribution in [0.4, 0.5) is 5.82 Å². The topological polar surface area (TPSA) is 43.1 Å². The monoisotopic (exact) mass is 208 g/mol. The minimum Gasteiger partial charge on any atom is -0.370 e. The lowest BCUT2D eigenvalue weighted by Crippen LogP contribution is -2.49. The third-order valence-corrected chi connectivity index (χ3v) is 2.96. The van der Waals surface area contributed by atoms with E-state index in [1.165, 1.54) is 0 Å². The largest absolute Gasteiger partial charge is 0.370 e. The average Bonchev–Trinajstić information content (AvgIpc) is 2.80. The number of nitrogens with one attached hydrogen (secondary N) is 3. The van der Waals surface area contributed by atoms with E-state index in [2.05, 4.69) is 33.5 Å². The summed E-state index contributed by atoms with van der Waals surface area (Å²) in [7, 11) is 0. The Balaban J connectivity index is 1.74. The number of piperazine rings is 1. The number of hydrogen-bond donors (Lipinski definition) is 3. The lowest BCUT2D eigenvalue weighted by molar-refractivity contribution is 0.191. The van der Waals surface area contributed by atoms with Crippen molar-refractivity contribution in [2.24, 2.45) is 0 Å². The van der Waals surface area contributed by atoms with E-state index in [0.29, 0.717) is 6.04 Å². The molecule has 1 atom stereocenters. The highest BCUT2D eigenvalue weighted by Gasteiger charge is 2.15. The van der Waals surface area contributed by atoms with E-state index in [9.17, 15) is 0 Å². The molecule has 0 saturated carbocycles. The lowest BCUT2D eigenvalue weighted by atomic mass is 10.2. The van der Waals surface area contributed by atoms with Crippen molar-refractivity contribution in [1.82, 2.24) is 15.2 Å². The van der Waals surface area contributed by atoms with Crippen LogP contribution in [-0.4, -0.2) is 48.6 Å². The molecule has 0 amide bonds. The number of anilines is 1. The third kappa shape index (κ3) is 2.97. The van der Waals surface area contributed by atoms with Crippen molar-refractivity contribution in [3.63, 3.8) is 0 Å². The van der Waals surface area contributed by atoms with Crippen LogP contribution in [0.1, 0.15) is 6.92 Å². The van der Waals surface area contributed by atoms with Crippen molar-refractivity contribution in [1.29, 1.82) is 0 Å². The Morgan fingerprint density at radius 2 is 2.27 bits per heavy atom. The fourth-order valence-corrected chi connectivity index (χ4v) is 1.95. The van der Waals surface area contributed by atoms with Crippen LogP contribution in [0.5, 0.6) is 0 Å². The Morgan fingerprint density at radius 1 is 1.47 bits per heavy atom. The highest BCUT2D eigenvalue weighted by molar-refractivity contribution is 5.34. The number of nitrogens with zero attached hydrogens (tertiary/aromatic N) is 1. The second-order valence-electron chi connectivity index (χ2n) is 4.10. The molecule has 0 radical (unpaired) electrons. The standard InChI is InChI=1S/C11H20N4/c1-10(15-7-5-12-6-8-15)9-14-11-3-2-4-13-11/h2-4,10,12-14H,5-9H2,1H3. The van der Waals surface area contributed by atoms with Gasteiger partial charge >= 0.3 is 0 Å². The Kier molecular flexibility index (Phi) is 3.64.